The Morgan fingerprint density at radius 3 is 2.92 bits per heavy atom. The van der Waals surface area contributed by atoms with Gasteiger partial charge in [0.2, 0.25) is 0 Å². The number of fused-ring (bicyclic) bond motifs is 1. The molecule has 0 atom stereocenters. The van der Waals surface area contributed by atoms with E-state index in [2.05, 4.69) is 5.10 Å². The highest BCUT2D eigenvalue weighted by Crippen LogP contribution is 2.08. The van der Waals surface area contributed by atoms with E-state index in [4.69, 9.17) is 0 Å². The van der Waals surface area contributed by atoms with Crippen LogP contribution in [-0.2, 0) is 7.05 Å². The standard InChI is InChI=1S/C9H8N2O2/c1-11-9(13)7-3-2-6(5-12)4-8(7)10-11/h2-5,10H,1H3. The fourth-order valence-corrected chi connectivity index (χ4v) is 1.33. The number of H-pyrrole nitrogens is 1. The lowest BCUT2D eigenvalue weighted by atomic mass is 10.2. The van der Waals surface area contributed by atoms with Crippen LogP contribution in [0.25, 0.3) is 10.9 Å². The summed E-state index contributed by atoms with van der Waals surface area (Å²) in [6, 6.07) is 4.94. The molecule has 0 unspecified atom stereocenters. The molecule has 13 heavy (non-hydrogen) atoms. The highest BCUT2D eigenvalue weighted by Gasteiger charge is 2.03. The van der Waals surface area contributed by atoms with Gasteiger partial charge in [-0.1, -0.05) is 6.07 Å². The van der Waals surface area contributed by atoms with Gasteiger partial charge in [-0.15, -0.1) is 0 Å². The number of hydrogen-bond donors (Lipinski definition) is 1. The van der Waals surface area contributed by atoms with E-state index in [1.54, 1.807) is 25.2 Å². The average Bonchev–Trinajstić information content (AvgIpc) is 2.42. The van der Waals surface area contributed by atoms with Crippen LogP contribution in [0.5, 0.6) is 0 Å². The maximum Gasteiger partial charge on any atom is 0.274 e. The fraction of sp³-hybridized carbons (Fsp3) is 0.111. The molecule has 1 heterocycles. The summed E-state index contributed by atoms with van der Waals surface area (Å²) in [5.41, 5.74) is 1.18. The number of aryl methyl sites for hydroxylation is 1. The summed E-state index contributed by atoms with van der Waals surface area (Å²) in [5, 5.41) is 3.45. The average molecular weight is 176 g/mol. The van der Waals surface area contributed by atoms with Crippen LogP contribution in [0.4, 0.5) is 0 Å². The number of carbonyl (C=O) groups is 1. The summed E-state index contributed by atoms with van der Waals surface area (Å²) >= 11 is 0. The predicted molar refractivity (Wildman–Crippen MR) is 48.9 cm³/mol. The second-order valence-electron chi connectivity index (χ2n) is 2.90. The Labute approximate surface area is 73.8 Å². The Bertz CT molecular complexity index is 522. The Kier molecular flexibility index (Phi) is 1.55. The van der Waals surface area contributed by atoms with Crippen molar-refractivity contribution < 1.29 is 4.79 Å². The Hall–Kier alpha value is -1.84. The van der Waals surface area contributed by atoms with E-state index in [0.29, 0.717) is 16.5 Å². The van der Waals surface area contributed by atoms with Gasteiger partial charge in [-0.05, 0) is 12.1 Å². The largest absolute Gasteiger partial charge is 0.298 e. The number of aromatic amines is 1. The van der Waals surface area contributed by atoms with Gasteiger partial charge in [-0.25, -0.2) is 0 Å². The van der Waals surface area contributed by atoms with Gasteiger partial charge in [-0.2, -0.15) is 0 Å². The Morgan fingerprint density at radius 2 is 2.23 bits per heavy atom. The molecule has 1 aromatic heterocycles. The van der Waals surface area contributed by atoms with Crippen molar-refractivity contribution in [3.8, 4) is 0 Å². The Balaban J connectivity index is 2.87. The summed E-state index contributed by atoms with van der Waals surface area (Å²) < 4.78 is 1.39. The molecule has 1 aromatic carbocycles. The highest BCUT2D eigenvalue weighted by atomic mass is 16.1. The highest BCUT2D eigenvalue weighted by molar-refractivity contribution is 5.86. The first-order valence-corrected chi connectivity index (χ1v) is 3.86. The summed E-state index contributed by atoms with van der Waals surface area (Å²) in [6.45, 7) is 0. The minimum atomic E-state index is -0.0764. The van der Waals surface area contributed by atoms with Crippen LogP contribution >= 0.6 is 0 Å². The van der Waals surface area contributed by atoms with E-state index in [1.165, 1.54) is 4.68 Å². The van der Waals surface area contributed by atoms with Gasteiger partial charge >= 0.3 is 0 Å². The van der Waals surface area contributed by atoms with Gasteiger partial charge < -0.3 is 0 Å². The minimum absolute atomic E-state index is 0.0764. The molecule has 0 amide bonds. The SMILES string of the molecule is Cn1[nH]c2cc(C=O)ccc2c1=O. The van der Waals surface area contributed by atoms with Gasteiger partial charge in [0.1, 0.15) is 6.29 Å². The lowest BCUT2D eigenvalue weighted by Crippen LogP contribution is -2.10. The topological polar surface area (TPSA) is 54.9 Å². The van der Waals surface area contributed by atoms with Crippen molar-refractivity contribution in [2.75, 3.05) is 0 Å². The summed E-state index contributed by atoms with van der Waals surface area (Å²) in [4.78, 5) is 21.8. The van der Waals surface area contributed by atoms with Crippen LogP contribution < -0.4 is 5.56 Å². The normalized spacial score (nSPS) is 10.5. The molecule has 4 heteroatoms. The molecule has 0 saturated carbocycles. The van der Waals surface area contributed by atoms with Crippen LogP contribution in [-0.4, -0.2) is 16.1 Å². The van der Waals surface area contributed by atoms with E-state index in [9.17, 15) is 9.59 Å². The van der Waals surface area contributed by atoms with Crippen molar-refractivity contribution in [3.63, 3.8) is 0 Å². The van der Waals surface area contributed by atoms with Crippen molar-refractivity contribution in [2.24, 2.45) is 7.05 Å². The molecule has 1 N–H and O–H groups in total. The second kappa shape index (κ2) is 2.58. The first-order valence-electron chi connectivity index (χ1n) is 3.86. The number of hydrogen-bond acceptors (Lipinski definition) is 2. The molecule has 66 valence electrons. The van der Waals surface area contributed by atoms with E-state index in [1.807, 2.05) is 0 Å². The van der Waals surface area contributed by atoms with Crippen molar-refractivity contribution in [3.05, 3.63) is 34.1 Å². The van der Waals surface area contributed by atoms with Crippen LogP contribution in [0.15, 0.2) is 23.0 Å². The number of benzene rings is 1. The number of aldehydes is 1. The number of carbonyl (C=O) groups excluding carboxylic acids is 1. The van der Waals surface area contributed by atoms with Crippen molar-refractivity contribution in [1.82, 2.24) is 9.78 Å². The smallest absolute Gasteiger partial charge is 0.274 e. The molecule has 0 aliphatic carbocycles. The number of aromatic nitrogens is 2. The molecular formula is C9H8N2O2. The van der Waals surface area contributed by atoms with Gasteiger partial charge in [0.15, 0.2) is 0 Å². The minimum Gasteiger partial charge on any atom is -0.298 e. The monoisotopic (exact) mass is 176 g/mol. The maximum atomic E-state index is 11.4. The van der Waals surface area contributed by atoms with E-state index < -0.39 is 0 Å². The van der Waals surface area contributed by atoms with Crippen LogP contribution in [0.2, 0.25) is 0 Å². The first-order chi connectivity index (χ1) is 6.22. The summed E-state index contributed by atoms with van der Waals surface area (Å²) in [7, 11) is 1.64. The zero-order chi connectivity index (χ0) is 9.42. The molecule has 0 radical (unpaired) electrons. The molecule has 2 rings (SSSR count). The maximum absolute atomic E-state index is 11.4. The lowest BCUT2D eigenvalue weighted by Gasteiger charge is -1.88. The van der Waals surface area contributed by atoms with E-state index >= 15 is 0 Å². The summed E-state index contributed by atoms with van der Waals surface area (Å²) in [6.07, 6.45) is 0.755. The molecule has 0 spiro atoms. The molecule has 0 aliphatic heterocycles. The molecule has 0 aliphatic rings. The zero-order valence-corrected chi connectivity index (χ0v) is 7.07. The third-order valence-corrected chi connectivity index (χ3v) is 2.00. The molecule has 0 saturated heterocycles. The van der Waals surface area contributed by atoms with Gasteiger partial charge in [0.05, 0.1) is 10.9 Å². The third-order valence-electron chi connectivity index (χ3n) is 2.00. The quantitative estimate of drug-likeness (QED) is 0.649. The number of nitrogens with zero attached hydrogens (tertiary/aromatic N) is 1. The molecule has 0 bridgehead atoms. The van der Waals surface area contributed by atoms with E-state index in [-0.39, 0.29) is 5.56 Å². The zero-order valence-electron chi connectivity index (χ0n) is 7.07. The molecule has 2 aromatic rings. The van der Waals surface area contributed by atoms with Gasteiger partial charge in [0, 0.05) is 12.6 Å². The Morgan fingerprint density at radius 1 is 1.46 bits per heavy atom. The van der Waals surface area contributed by atoms with Gasteiger partial charge in [-0.3, -0.25) is 19.4 Å². The molecular weight excluding hydrogens is 168 g/mol. The van der Waals surface area contributed by atoms with Crippen molar-refractivity contribution in [1.29, 1.82) is 0 Å². The van der Waals surface area contributed by atoms with Gasteiger partial charge in [0.25, 0.3) is 5.56 Å². The first kappa shape index (κ1) is 7.79. The lowest BCUT2D eigenvalue weighted by molar-refractivity contribution is 0.112. The van der Waals surface area contributed by atoms with E-state index in [0.717, 1.165) is 6.29 Å². The van der Waals surface area contributed by atoms with Crippen LogP contribution in [0, 0.1) is 0 Å². The van der Waals surface area contributed by atoms with Crippen molar-refractivity contribution in [2.45, 2.75) is 0 Å². The second-order valence-corrected chi connectivity index (χ2v) is 2.90. The fourth-order valence-electron chi connectivity index (χ4n) is 1.33. The summed E-state index contributed by atoms with van der Waals surface area (Å²) in [5.74, 6) is 0. The number of rotatable bonds is 1. The van der Waals surface area contributed by atoms with Crippen LogP contribution in [0.3, 0.4) is 0 Å². The third kappa shape index (κ3) is 1.07. The van der Waals surface area contributed by atoms with Crippen LogP contribution in [0.1, 0.15) is 10.4 Å². The molecule has 0 fully saturated rings. The van der Waals surface area contributed by atoms with Crippen molar-refractivity contribution >= 4 is 17.2 Å². The predicted octanol–water partition coefficient (Wildman–Crippen LogP) is 0.679. The number of nitrogens with one attached hydrogen (secondary N) is 1. The molecule has 4 nitrogen and oxygen atoms in total.